The molecule has 104 valence electrons. The van der Waals surface area contributed by atoms with Crippen LogP contribution < -0.4 is 5.32 Å². The average molecular weight is 290 g/mol. The smallest absolute Gasteiger partial charge is 0.306 e. The Morgan fingerprint density at radius 3 is 2.53 bits per heavy atom. The molecule has 0 saturated heterocycles. The Kier molecular flexibility index (Phi) is 5.41. The van der Waals surface area contributed by atoms with Gasteiger partial charge in [-0.1, -0.05) is 30.0 Å². The van der Waals surface area contributed by atoms with E-state index in [9.17, 15) is 18.0 Å². The second-order valence-electron chi connectivity index (χ2n) is 3.66. The molecule has 0 bridgehead atoms. The van der Waals surface area contributed by atoms with E-state index in [0.717, 1.165) is 6.07 Å². The van der Waals surface area contributed by atoms with E-state index < -0.39 is 11.7 Å². The summed E-state index contributed by atoms with van der Waals surface area (Å²) in [5, 5.41) is 2.75. The minimum Gasteiger partial charge on any atom is -0.306 e. The summed E-state index contributed by atoms with van der Waals surface area (Å²) in [7, 11) is 0. The fourth-order valence-electron chi connectivity index (χ4n) is 1.40. The Balaban J connectivity index is 2.94. The van der Waals surface area contributed by atoms with Crippen LogP contribution in [0.25, 0.3) is 0 Å². The van der Waals surface area contributed by atoms with Gasteiger partial charge in [0, 0.05) is 6.92 Å². The first-order valence-electron chi connectivity index (χ1n) is 5.35. The Hall–Kier alpha value is -1.50. The van der Waals surface area contributed by atoms with E-state index >= 15 is 0 Å². The highest BCUT2D eigenvalue weighted by Gasteiger charge is 2.32. The summed E-state index contributed by atoms with van der Waals surface area (Å²) in [6.45, 7) is 1.18. The highest BCUT2D eigenvalue weighted by molar-refractivity contribution is 8.13. The quantitative estimate of drug-likeness (QED) is 0.672. The first kappa shape index (κ1) is 15.6. The molecular formula is C12H13F3N2OS. The molecule has 0 aliphatic heterocycles. The maximum atomic E-state index is 12.7. The topological polar surface area (TPSA) is 41.5 Å². The zero-order chi connectivity index (χ0) is 14.5. The third kappa shape index (κ3) is 4.94. The van der Waals surface area contributed by atoms with Crippen molar-refractivity contribution in [2.24, 2.45) is 4.99 Å². The number of rotatable bonds is 2. The Bertz CT molecular complexity index is 486. The molecule has 1 rings (SSSR count). The Labute approximate surface area is 113 Å². The monoisotopic (exact) mass is 290 g/mol. The Morgan fingerprint density at radius 1 is 1.37 bits per heavy atom. The van der Waals surface area contributed by atoms with Crippen LogP contribution in [0.3, 0.4) is 0 Å². The average Bonchev–Trinajstić information content (AvgIpc) is 2.33. The molecule has 0 radical (unpaired) electrons. The lowest BCUT2D eigenvalue weighted by Crippen LogP contribution is -2.25. The number of benzene rings is 1. The van der Waals surface area contributed by atoms with Gasteiger partial charge in [-0.15, -0.1) is 0 Å². The number of alkyl halides is 3. The van der Waals surface area contributed by atoms with Crippen molar-refractivity contribution in [1.29, 1.82) is 0 Å². The van der Waals surface area contributed by atoms with Gasteiger partial charge in [0.05, 0.1) is 12.1 Å². The summed E-state index contributed by atoms with van der Waals surface area (Å²) >= 11 is 1.17. The van der Waals surface area contributed by atoms with Gasteiger partial charge in [0.2, 0.25) is 5.91 Å². The van der Waals surface area contributed by atoms with Crippen molar-refractivity contribution < 1.29 is 18.0 Å². The van der Waals surface area contributed by atoms with Gasteiger partial charge >= 0.3 is 6.18 Å². The number of amides is 1. The van der Waals surface area contributed by atoms with Crippen molar-refractivity contribution in [2.45, 2.75) is 19.6 Å². The molecule has 0 aromatic heterocycles. The molecular weight excluding hydrogens is 277 g/mol. The van der Waals surface area contributed by atoms with Crippen molar-refractivity contribution >= 4 is 22.8 Å². The molecule has 0 aliphatic carbocycles. The van der Waals surface area contributed by atoms with Gasteiger partial charge in [-0.3, -0.25) is 9.79 Å². The van der Waals surface area contributed by atoms with Crippen LogP contribution in [0.15, 0.2) is 29.3 Å². The molecule has 0 saturated carbocycles. The number of halogens is 3. The van der Waals surface area contributed by atoms with Crippen LogP contribution in [-0.4, -0.2) is 17.3 Å². The SMILES string of the molecule is CSC(=NCc1ccccc1C(F)(F)F)NC(C)=O. The van der Waals surface area contributed by atoms with E-state index in [1.807, 2.05) is 0 Å². The van der Waals surface area contributed by atoms with Crippen molar-refractivity contribution in [3.8, 4) is 0 Å². The molecule has 1 amide bonds. The molecule has 0 atom stereocenters. The molecule has 0 heterocycles. The molecule has 7 heteroatoms. The van der Waals surface area contributed by atoms with E-state index in [-0.39, 0.29) is 18.0 Å². The van der Waals surface area contributed by atoms with Gasteiger partial charge in [0.1, 0.15) is 0 Å². The van der Waals surface area contributed by atoms with Gasteiger partial charge in [-0.05, 0) is 17.9 Å². The number of carbonyl (C=O) groups excluding carboxylic acids is 1. The van der Waals surface area contributed by atoms with Crippen LogP contribution >= 0.6 is 11.8 Å². The standard InChI is InChI=1S/C12H13F3N2OS/c1-8(18)17-11(19-2)16-7-9-5-3-4-6-10(9)12(13,14)15/h3-6H,7H2,1-2H3,(H,16,17,18). The van der Waals surface area contributed by atoms with Crippen LogP contribution in [0.1, 0.15) is 18.1 Å². The van der Waals surface area contributed by atoms with E-state index in [1.54, 1.807) is 6.26 Å². The van der Waals surface area contributed by atoms with E-state index in [4.69, 9.17) is 0 Å². The third-order valence-electron chi connectivity index (χ3n) is 2.19. The number of hydrogen-bond donors (Lipinski definition) is 1. The molecule has 3 nitrogen and oxygen atoms in total. The van der Waals surface area contributed by atoms with Crippen molar-refractivity contribution in [2.75, 3.05) is 6.26 Å². The van der Waals surface area contributed by atoms with Gasteiger partial charge in [0.15, 0.2) is 5.17 Å². The Morgan fingerprint density at radius 2 is 2.00 bits per heavy atom. The van der Waals surface area contributed by atoms with Crippen LogP contribution in [0, 0.1) is 0 Å². The number of nitrogens with one attached hydrogen (secondary N) is 1. The summed E-state index contributed by atoms with van der Waals surface area (Å²) in [5.41, 5.74) is -0.631. The van der Waals surface area contributed by atoms with Gasteiger partial charge < -0.3 is 5.32 Å². The fourth-order valence-corrected chi connectivity index (χ4v) is 1.84. The van der Waals surface area contributed by atoms with E-state index in [0.29, 0.717) is 5.17 Å². The highest BCUT2D eigenvalue weighted by Crippen LogP contribution is 2.32. The summed E-state index contributed by atoms with van der Waals surface area (Å²) in [6, 6.07) is 5.25. The molecule has 0 fully saturated rings. The largest absolute Gasteiger partial charge is 0.416 e. The van der Waals surface area contributed by atoms with Crippen LogP contribution in [0.4, 0.5) is 13.2 Å². The van der Waals surface area contributed by atoms with Gasteiger partial charge in [0.25, 0.3) is 0 Å². The lowest BCUT2D eigenvalue weighted by molar-refractivity contribution is -0.138. The van der Waals surface area contributed by atoms with Gasteiger partial charge in [-0.25, -0.2) is 0 Å². The molecule has 1 aromatic carbocycles. The van der Waals surface area contributed by atoms with Crippen LogP contribution in [-0.2, 0) is 17.5 Å². The minimum atomic E-state index is -4.40. The zero-order valence-electron chi connectivity index (χ0n) is 10.4. The number of aliphatic imine (C=N–C) groups is 1. The van der Waals surface area contributed by atoms with Crippen LogP contribution in [0.2, 0.25) is 0 Å². The van der Waals surface area contributed by atoms with E-state index in [1.165, 1.54) is 36.9 Å². The van der Waals surface area contributed by atoms with Crippen molar-refractivity contribution in [1.82, 2.24) is 5.32 Å². The lowest BCUT2D eigenvalue weighted by atomic mass is 10.1. The molecule has 0 aliphatic rings. The normalized spacial score (nSPS) is 12.4. The first-order valence-corrected chi connectivity index (χ1v) is 6.58. The molecule has 19 heavy (non-hydrogen) atoms. The maximum Gasteiger partial charge on any atom is 0.416 e. The zero-order valence-corrected chi connectivity index (χ0v) is 11.2. The predicted molar refractivity (Wildman–Crippen MR) is 69.9 cm³/mol. The summed E-state index contributed by atoms with van der Waals surface area (Å²) in [6.07, 6.45) is -2.72. The fraction of sp³-hybridized carbons (Fsp3) is 0.333. The summed E-state index contributed by atoms with van der Waals surface area (Å²) in [5.74, 6) is -0.308. The number of amidine groups is 1. The number of hydrogen-bond acceptors (Lipinski definition) is 3. The molecule has 1 aromatic rings. The number of carbonyl (C=O) groups is 1. The lowest BCUT2D eigenvalue weighted by Gasteiger charge is -2.11. The van der Waals surface area contributed by atoms with Gasteiger partial charge in [-0.2, -0.15) is 13.2 Å². The first-order chi connectivity index (χ1) is 8.84. The molecule has 0 spiro atoms. The highest BCUT2D eigenvalue weighted by atomic mass is 32.2. The summed E-state index contributed by atoms with van der Waals surface area (Å²) in [4.78, 5) is 14.8. The van der Waals surface area contributed by atoms with E-state index in [2.05, 4.69) is 10.3 Å². The predicted octanol–water partition coefficient (Wildman–Crippen LogP) is 3.06. The second-order valence-corrected chi connectivity index (χ2v) is 4.46. The summed E-state index contributed by atoms with van der Waals surface area (Å²) < 4.78 is 38.2. The van der Waals surface area contributed by atoms with Crippen molar-refractivity contribution in [3.05, 3.63) is 35.4 Å². The molecule has 0 unspecified atom stereocenters. The van der Waals surface area contributed by atoms with Crippen LogP contribution in [0.5, 0.6) is 0 Å². The second kappa shape index (κ2) is 6.60. The number of nitrogens with zero attached hydrogens (tertiary/aromatic N) is 1. The third-order valence-corrected chi connectivity index (χ3v) is 2.81. The van der Waals surface area contributed by atoms with Crippen molar-refractivity contribution in [3.63, 3.8) is 0 Å². The number of thioether (sulfide) groups is 1. The minimum absolute atomic E-state index is 0.0758. The maximum absolute atomic E-state index is 12.7. The molecule has 1 N–H and O–H groups in total.